The van der Waals surface area contributed by atoms with Crippen molar-refractivity contribution in [3.63, 3.8) is 0 Å². The summed E-state index contributed by atoms with van der Waals surface area (Å²) < 4.78 is 0. The zero-order valence-corrected chi connectivity index (χ0v) is 9.34. The maximum atomic E-state index is 11.9. The number of amides is 1. The van der Waals surface area contributed by atoms with Crippen LogP contribution >= 0.6 is 0 Å². The van der Waals surface area contributed by atoms with Gasteiger partial charge in [0.1, 0.15) is 0 Å². The van der Waals surface area contributed by atoms with Crippen molar-refractivity contribution in [3.8, 4) is 12.3 Å². The van der Waals surface area contributed by atoms with Gasteiger partial charge in [-0.25, -0.2) is 0 Å². The number of terminal acetylenes is 1. The van der Waals surface area contributed by atoms with Gasteiger partial charge in [0.15, 0.2) is 0 Å². The molecule has 0 bridgehead atoms. The Morgan fingerprint density at radius 2 is 2.07 bits per heavy atom. The highest BCUT2D eigenvalue weighted by molar-refractivity contribution is 5.81. The normalized spacial score (nSPS) is 16.1. The Morgan fingerprint density at radius 1 is 1.50 bits per heavy atom. The van der Waals surface area contributed by atoms with E-state index in [2.05, 4.69) is 5.92 Å². The van der Waals surface area contributed by atoms with E-state index in [1.165, 1.54) is 12.8 Å². The summed E-state index contributed by atoms with van der Waals surface area (Å²) in [5.41, 5.74) is -0.314. The highest BCUT2D eigenvalue weighted by Crippen LogP contribution is 2.30. The first-order valence-corrected chi connectivity index (χ1v) is 5.18. The van der Waals surface area contributed by atoms with Crippen LogP contribution in [0.4, 0.5) is 0 Å². The van der Waals surface area contributed by atoms with E-state index in [-0.39, 0.29) is 11.3 Å². The molecule has 0 spiro atoms. The fraction of sp³-hybridized carbons (Fsp3) is 0.750. The number of carbonyl (C=O) groups is 1. The Hall–Kier alpha value is -0.970. The SMILES string of the molecule is C#CCN(CC1CC1)C(=O)C(C)(C)C. The van der Waals surface area contributed by atoms with Crippen molar-refractivity contribution in [1.29, 1.82) is 0 Å². The molecule has 0 heterocycles. The van der Waals surface area contributed by atoms with E-state index >= 15 is 0 Å². The van der Waals surface area contributed by atoms with Gasteiger partial charge in [-0.15, -0.1) is 6.42 Å². The second kappa shape index (κ2) is 4.04. The van der Waals surface area contributed by atoms with Gasteiger partial charge in [-0.1, -0.05) is 26.7 Å². The van der Waals surface area contributed by atoms with Crippen LogP contribution in [0.3, 0.4) is 0 Å². The Morgan fingerprint density at radius 3 is 2.43 bits per heavy atom. The zero-order valence-electron chi connectivity index (χ0n) is 9.34. The fourth-order valence-electron chi connectivity index (χ4n) is 1.42. The largest absolute Gasteiger partial charge is 0.331 e. The van der Waals surface area contributed by atoms with Crippen LogP contribution in [0.2, 0.25) is 0 Å². The van der Waals surface area contributed by atoms with Crippen molar-refractivity contribution in [2.75, 3.05) is 13.1 Å². The number of nitrogens with zero attached hydrogens (tertiary/aromatic N) is 1. The maximum absolute atomic E-state index is 11.9. The van der Waals surface area contributed by atoms with Gasteiger partial charge < -0.3 is 4.90 Å². The standard InChI is InChI=1S/C12H19NO/c1-5-8-13(9-10-6-7-10)11(14)12(2,3)4/h1,10H,6-9H2,2-4H3. The van der Waals surface area contributed by atoms with Crippen molar-refractivity contribution >= 4 is 5.91 Å². The minimum absolute atomic E-state index is 0.169. The van der Waals surface area contributed by atoms with Crippen molar-refractivity contribution < 1.29 is 4.79 Å². The molecule has 0 radical (unpaired) electrons. The third-order valence-electron chi connectivity index (χ3n) is 2.39. The van der Waals surface area contributed by atoms with Crippen molar-refractivity contribution in [2.24, 2.45) is 11.3 Å². The monoisotopic (exact) mass is 193 g/mol. The lowest BCUT2D eigenvalue weighted by molar-refractivity contribution is -0.139. The van der Waals surface area contributed by atoms with Gasteiger partial charge in [0.05, 0.1) is 6.54 Å². The summed E-state index contributed by atoms with van der Waals surface area (Å²) in [6.07, 6.45) is 7.76. The summed E-state index contributed by atoms with van der Waals surface area (Å²) in [6.45, 7) is 7.11. The first-order chi connectivity index (χ1) is 6.45. The third-order valence-corrected chi connectivity index (χ3v) is 2.39. The van der Waals surface area contributed by atoms with E-state index in [9.17, 15) is 4.79 Å². The van der Waals surface area contributed by atoms with Gasteiger partial charge in [-0.3, -0.25) is 4.79 Å². The minimum atomic E-state index is -0.314. The first-order valence-electron chi connectivity index (χ1n) is 5.18. The van der Waals surface area contributed by atoms with E-state index in [0.717, 1.165) is 6.54 Å². The lowest BCUT2D eigenvalue weighted by atomic mass is 9.94. The lowest BCUT2D eigenvalue weighted by Crippen LogP contribution is -2.40. The van der Waals surface area contributed by atoms with Crippen LogP contribution < -0.4 is 0 Å². The Bertz CT molecular complexity index is 252. The minimum Gasteiger partial charge on any atom is -0.331 e. The molecule has 0 atom stereocenters. The molecule has 0 aromatic rings. The Balaban J connectivity index is 2.56. The van der Waals surface area contributed by atoms with Crippen LogP contribution in [-0.4, -0.2) is 23.9 Å². The molecule has 0 N–H and O–H groups in total. The molecule has 1 fully saturated rings. The highest BCUT2D eigenvalue weighted by atomic mass is 16.2. The Labute approximate surface area is 86.7 Å². The molecule has 2 heteroatoms. The van der Waals surface area contributed by atoms with Crippen molar-refractivity contribution in [3.05, 3.63) is 0 Å². The fourth-order valence-corrected chi connectivity index (χ4v) is 1.42. The molecule has 0 aromatic heterocycles. The summed E-state index contributed by atoms with van der Waals surface area (Å²) in [6, 6.07) is 0. The molecular weight excluding hydrogens is 174 g/mol. The van der Waals surface area contributed by atoms with Gasteiger partial charge >= 0.3 is 0 Å². The smallest absolute Gasteiger partial charge is 0.228 e. The summed E-state index contributed by atoms with van der Waals surface area (Å²) in [4.78, 5) is 13.8. The van der Waals surface area contributed by atoms with Crippen LogP contribution in [0.1, 0.15) is 33.6 Å². The topological polar surface area (TPSA) is 20.3 Å². The van der Waals surface area contributed by atoms with Crippen LogP contribution in [0, 0.1) is 23.7 Å². The lowest BCUT2D eigenvalue weighted by Gasteiger charge is -2.27. The third kappa shape index (κ3) is 3.06. The maximum Gasteiger partial charge on any atom is 0.228 e. The second-order valence-corrected chi connectivity index (χ2v) is 5.08. The van der Waals surface area contributed by atoms with Gasteiger partial charge in [-0.2, -0.15) is 0 Å². The predicted octanol–water partition coefficient (Wildman–Crippen LogP) is 1.90. The molecule has 0 saturated heterocycles. The van der Waals surface area contributed by atoms with Crippen LogP contribution in [0.5, 0.6) is 0 Å². The molecule has 1 saturated carbocycles. The predicted molar refractivity (Wildman–Crippen MR) is 57.6 cm³/mol. The quantitative estimate of drug-likeness (QED) is 0.627. The van der Waals surface area contributed by atoms with Gasteiger partial charge in [0.25, 0.3) is 0 Å². The van der Waals surface area contributed by atoms with Gasteiger partial charge in [0, 0.05) is 12.0 Å². The summed E-state index contributed by atoms with van der Waals surface area (Å²) in [7, 11) is 0. The summed E-state index contributed by atoms with van der Waals surface area (Å²) >= 11 is 0. The van der Waals surface area contributed by atoms with E-state index in [0.29, 0.717) is 12.5 Å². The first kappa shape index (κ1) is 11.1. The average Bonchev–Trinajstić information content (AvgIpc) is 2.84. The molecule has 1 aliphatic carbocycles. The zero-order chi connectivity index (χ0) is 10.8. The average molecular weight is 193 g/mol. The molecule has 14 heavy (non-hydrogen) atoms. The van der Waals surface area contributed by atoms with Gasteiger partial charge in [0.2, 0.25) is 5.91 Å². The second-order valence-electron chi connectivity index (χ2n) is 5.08. The molecule has 0 unspecified atom stereocenters. The molecule has 1 amide bonds. The van der Waals surface area contributed by atoms with Crippen molar-refractivity contribution in [2.45, 2.75) is 33.6 Å². The van der Waals surface area contributed by atoms with Crippen LogP contribution in [0.15, 0.2) is 0 Å². The molecule has 1 aliphatic rings. The number of carbonyl (C=O) groups excluding carboxylic acids is 1. The highest BCUT2D eigenvalue weighted by Gasteiger charge is 2.31. The van der Waals surface area contributed by atoms with E-state index in [4.69, 9.17) is 6.42 Å². The Kier molecular flexibility index (Phi) is 3.21. The van der Waals surface area contributed by atoms with E-state index in [1.807, 2.05) is 25.7 Å². The van der Waals surface area contributed by atoms with E-state index < -0.39 is 0 Å². The molecule has 0 aliphatic heterocycles. The summed E-state index contributed by atoms with van der Waals surface area (Å²) in [5, 5.41) is 0. The van der Waals surface area contributed by atoms with Gasteiger partial charge in [-0.05, 0) is 18.8 Å². The molecular formula is C12H19NO. The van der Waals surface area contributed by atoms with Crippen LogP contribution in [0.25, 0.3) is 0 Å². The molecule has 0 aromatic carbocycles. The molecule has 78 valence electrons. The van der Waals surface area contributed by atoms with Crippen LogP contribution in [-0.2, 0) is 4.79 Å². The van der Waals surface area contributed by atoms with E-state index in [1.54, 1.807) is 0 Å². The van der Waals surface area contributed by atoms with Crippen molar-refractivity contribution in [1.82, 2.24) is 4.90 Å². The number of hydrogen-bond acceptors (Lipinski definition) is 1. The summed E-state index contributed by atoms with van der Waals surface area (Å²) in [5.74, 6) is 3.43. The number of rotatable bonds is 3. The molecule has 2 nitrogen and oxygen atoms in total. The number of hydrogen-bond donors (Lipinski definition) is 0. The molecule has 1 rings (SSSR count).